The van der Waals surface area contributed by atoms with E-state index in [-0.39, 0.29) is 5.02 Å². The molecule has 0 fully saturated rings. The van der Waals surface area contributed by atoms with E-state index < -0.39 is 17.5 Å². The first-order chi connectivity index (χ1) is 6.35. The Morgan fingerprint density at radius 1 is 1.50 bits per heavy atom. The predicted octanol–water partition coefficient (Wildman–Crippen LogP) is 3.01. The molecule has 0 saturated heterocycles. The zero-order chi connectivity index (χ0) is 10.9. The highest BCUT2D eigenvalue weighted by molar-refractivity contribution is 6.30. The van der Waals surface area contributed by atoms with E-state index in [1.807, 2.05) is 0 Å². The Hall–Kier alpha value is -0.670. The molecule has 0 spiro atoms. The Kier molecular flexibility index (Phi) is 3.12. The minimum absolute atomic E-state index is 0.0907. The first-order valence-electron chi connectivity index (χ1n) is 4.25. The number of alkyl halides is 1. The fourth-order valence-electron chi connectivity index (χ4n) is 1.06. The summed E-state index contributed by atoms with van der Waals surface area (Å²) >= 11 is 5.54. The molecule has 0 bridgehead atoms. The maximum absolute atomic E-state index is 14.0. The van der Waals surface area contributed by atoms with Crippen LogP contribution in [0.1, 0.15) is 19.4 Å². The molecule has 78 valence electrons. The maximum Gasteiger partial charge on any atom is 0.147 e. The number of benzene rings is 1. The molecule has 2 N–H and O–H groups in total. The summed E-state index contributed by atoms with van der Waals surface area (Å²) in [6.07, 6.45) is 0. The molecule has 0 aliphatic carbocycles. The fourth-order valence-corrected chi connectivity index (χ4v) is 1.24. The molecule has 1 aromatic carbocycles. The standard InChI is InChI=1S/C10H12ClF2N/c1-6(14)10(2,13)7-3-4-9(12)8(11)5-7/h3-6H,14H2,1-2H3. The third-order valence-corrected chi connectivity index (χ3v) is 2.63. The Labute approximate surface area is 86.9 Å². The molecule has 1 aromatic rings. The molecule has 0 heterocycles. The Morgan fingerprint density at radius 2 is 2.07 bits per heavy atom. The zero-order valence-corrected chi connectivity index (χ0v) is 8.78. The average molecular weight is 220 g/mol. The van der Waals surface area contributed by atoms with Crippen LogP contribution in [0.4, 0.5) is 8.78 Å². The normalized spacial score (nSPS) is 17.6. The van der Waals surface area contributed by atoms with Crippen LogP contribution < -0.4 is 5.73 Å². The topological polar surface area (TPSA) is 26.0 Å². The van der Waals surface area contributed by atoms with Crippen molar-refractivity contribution in [3.05, 3.63) is 34.6 Å². The van der Waals surface area contributed by atoms with E-state index in [0.717, 1.165) is 6.07 Å². The number of rotatable bonds is 2. The van der Waals surface area contributed by atoms with Gasteiger partial charge in [0, 0.05) is 6.04 Å². The van der Waals surface area contributed by atoms with Crippen LogP contribution in [0.3, 0.4) is 0 Å². The van der Waals surface area contributed by atoms with Gasteiger partial charge in [0.05, 0.1) is 5.02 Å². The van der Waals surface area contributed by atoms with E-state index in [4.69, 9.17) is 17.3 Å². The zero-order valence-electron chi connectivity index (χ0n) is 8.02. The van der Waals surface area contributed by atoms with Crippen LogP contribution >= 0.6 is 11.6 Å². The molecule has 2 atom stereocenters. The largest absolute Gasteiger partial charge is 0.325 e. The number of nitrogens with two attached hydrogens (primary N) is 1. The van der Waals surface area contributed by atoms with Gasteiger partial charge in [-0.1, -0.05) is 17.7 Å². The molecule has 0 aromatic heterocycles. The van der Waals surface area contributed by atoms with E-state index in [2.05, 4.69) is 0 Å². The summed E-state index contributed by atoms with van der Waals surface area (Å²) in [5.74, 6) is -0.559. The minimum Gasteiger partial charge on any atom is -0.325 e. The van der Waals surface area contributed by atoms with Crippen molar-refractivity contribution in [3.63, 3.8) is 0 Å². The number of hydrogen-bond acceptors (Lipinski definition) is 1. The van der Waals surface area contributed by atoms with Crippen molar-refractivity contribution >= 4 is 11.6 Å². The van der Waals surface area contributed by atoms with Crippen LogP contribution in [-0.4, -0.2) is 6.04 Å². The van der Waals surface area contributed by atoms with Gasteiger partial charge in [-0.2, -0.15) is 0 Å². The fraction of sp³-hybridized carbons (Fsp3) is 0.400. The van der Waals surface area contributed by atoms with Crippen molar-refractivity contribution in [3.8, 4) is 0 Å². The quantitative estimate of drug-likeness (QED) is 0.813. The van der Waals surface area contributed by atoms with Gasteiger partial charge in [-0.15, -0.1) is 0 Å². The summed E-state index contributed by atoms with van der Waals surface area (Å²) in [6.45, 7) is 2.90. The number of hydrogen-bond donors (Lipinski definition) is 1. The lowest BCUT2D eigenvalue weighted by Crippen LogP contribution is -2.36. The minimum atomic E-state index is -1.70. The van der Waals surface area contributed by atoms with Gasteiger partial charge in [0.2, 0.25) is 0 Å². The molecule has 4 heteroatoms. The molecule has 0 aliphatic heterocycles. The van der Waals surface area contributed by atoms with Crippen LogP contribution in [0.15, 0.2) is 18.2 Å². The van der Waals surface area contributed by atoms with Gasteiger partial charge in [-0.05, 0) is 31.5 Å². The second-order valence-corrected chi connectivity index (χ2v) is 3.90. The highest BCUT2D eigenvalue weighted by atomic mass is 35.5. The van der Waals surface area contributed by atoms with Gasteiger partial charge in [0.25, 0.3) is 0 Å². The van der Waals surface area contributed by atoms with Crippen molar-refractivity contribution in [2.24, 2.45) is 5.73 Å². The van der Waals surface area contributed by atoms with Crippen LogP contribution in [-0.2, 0) is 5.67 Å². The predicted molar refractivity (Wildman–Crippen MR) is 53.5 cm³/mol. The van der Waals surface area contributed by atoms with E-state index in [1.54, 1.807) is 6.92 Å². The second kappa shape index (κ2) is 3.83. The van der Waals surface area contributed by atoms with Gasteiger partial charge in [-0.25, -0.2) is 8.78 Å². The van der Waals surface area contributed by atoms with Gasteiger partial charge < -0.3 is 5.73 Å². The first-order valence-corrected chi connectivity index (χ1v) is 4.63. The second-order valence-electron chi connectivity index (χ2n) is 3.49. The van der Waals surface area contributed by atoms with Crippen molar-refractivity contribution in [1.29, 1.82) is 0 Å². The van der Waals surface area contributed by atoms with Crippen molar-refractivity contribution in [2.45, 2.75) is 25.6 Å². The molecule has 2 unspecified atom stereocenters. The molecule has 1 nitrogen and oxygen atoms in total. The average Bonchev–Trinajstić information content (AvgIpc) is 2.09. The number of halogens is 3. The molecule has 0 aliphatic rings. The van der Waals surface area contributed by atoms with E-state index >= 15 is 0 Å². The Morgan fingerprint density at radius 3 is 2.50 bits per heavy atom. The lowest BCUT2D eigenvalue weighted by Gasteiger charge is -2.25. The molecule has 0 radical (unpaired) electrons. The monoisotopic (exact) mass is 219 g/mol. The summed E-state index contributed by atoms with van der Waals surface area (Å²) in [7, 11) is 0. The maximum atomic E-state index is 14.0. The summed E-state index contributed by atoms with van der Waals surface area (Å²) in [6, 6.07) is 3.08. The van der Waals surface area contributed by atoms with E-state index in [9.17, 15) is 8.78 Å². The molecule has 0 amide bonds. The molecule has 1 rings (SSSR count). The van der Waals surface area contributed by atoms with Crippen molar-refractivity contribution in [2.75, 3.05) is 0 Å². The van der Waals surface area contributed by atoms with Gasteiger partial charge >= 0.3 is 0 Å². The third-order valence-electron chi connectivity index (χ3n) is 2.34. The smallest absolute Gasteiger partial charge is 0.147 e. The lowest BCUT2D eigenvalue weighted by molar-refractivity contribution is 0.158. The van der Waals surface area contributed by atoms with Crippen LogP contribution in [0.25, 0.3) is 0 Å². The summed E-state index contributed by atoms with van der Waals surface area (Å²) in [5.41, 5.74) is 4.07. The van der Waals surface area contributed by atoms with Crippen LogP contribution in [0, 0.1) is 5.82 Å². The Bertz CT molecular complexity index is 337. The van der Waals surface area contributed by atoms with Crippen molar-refractivity contribution < 1.29 is 8.78 Å². The van der Waals surface area contributed by atoms with Crippen molar-refractivity contribution in [1.82, 2.24) is 0 Å². The van der Waals surface area contributed by atoms with Crippen LogP contribution in [0.5, 0.6) is 0 Å². The molecule has 14 heavy (non-hydrogen) atoms. The van der Waals surface area contributed by atoms with Gasteiger partial charge in [-0.3, -0.25) is 0 Å². The van der Waals surface area contributed by atoms with Crippen LogP contribution in [0.2, 0.25) is 5.02 Å². The lowest BCUT2D eigenvalue weighted by atomic mass is 9.91. The molecular weight excluding hydrogens is 208 g/mol. The highest BCUT2D eigenvalue weighted by Crippen LogP contribution is 2.30. The molecule has 0 saturated carbocycles. The van der Waals surface area contributed by atoms with Gasteiger partial charge in [0.1, 0.15) is 11.5 Å². The van der Waals surface area contributed by atoms with E-state index in [0.29, 0.717) is 5.56 Å². The summed E-state index contributed by atoms with van der Waals surface area (Å²) < 4.78 is 26.8. The summed E-state index contributed by atoms with van der Waals surface area (Å²) in [5, 5.41) is -0.0907. The first kappa shape index (κ1) is 11.4. The van der Waals surface area contributed by atoms with E-state index in [1.165, 1.54) is 19.1 Å². The summed E-state index contributed by atoms with van der Waals surface area (Å²) in [4.78, 5) is 0. The SMILES string of the molecule is CC(N)C(C)(F)c1ccc(F)c(Cl)c1. The third kappa shape index (κ3) is 2.04. The Balaban J connectivity index is 3.14. The van der Waals surface area contributed by atoms with Gasteiger partial charge in [0.15, 0.2) is 0 Å². The highest BCUT2D eigenvalue weighted by Gasteiger charge is 2.30. The molecular formula is C10H12ClF2N.